The highest BCUT2D eigenvalue weighted by atomic mass is 32.1. The maximum absolute atomic E-state index is 12.8. The van der Waals surface area contributed by atoms with Crippen molar-refractivity contribution in [1.29, 1.82) is 0 Å². The minimum Gasteiger partial charge on any atom is -0.462 e. The Morgan fingerprint density at radius 3 is 2.57 bits per heavy atom. The number of aryl methyl sites for hydroxylation is 1. The molecule has 0 spiro atoms. The highest BCUT2D eigenvalue weighted by Crippen LogP contribution is 2.34. The molecular weight excluding hydrogens is 584 g/mol. The van der Waals surface area contributed by atoms with Crippen molar-refractivity contribution in [3.8, 4) is 0 Å². The summed E-state index contributed by atoms with van der Waals surface area (Å²) in [4.78, 5) is 54.8. The summed E-state index contributed by atoms with van der Waals surface area (Å²) in [6.45, 7) is 10.2. The monoisotopic (exact) mass is 624 g/mol. The molecule has 1 aliphatic rings. The second-order valence-electron chi connectivity index (χ2n) is 10.2. The summed E-state index contributed by atoms with van der Waals surface area (Å²) in [6, 6.07) is 7.51. The SMILES string of the molecule is CCOC(=O)c1sc(Nc2nc(NCCNC(C)=O)c3c(n2)N(Cc2ccc(C(=O)N(CC)CCO)cc2)CCC3)nc1C. The maximum Gasteiger partial charge on any atom is 0.350 e. The van der Waals surface area contributed by atoms with Crippen LogP contribution in [0.4, 0.5) is 22.7 Å². The van der Waals surface area contributed by atoms with Crippen LogP contribution in [0.5, 0.6) is 0 Å². The Morgan fingerprint density at radius 2 is 1.89 bits per heavy atom. The zero-order valence-corrected chi connectivity index (χ0v) is 26.4. The number of rotatable bonds is 14. The summed E-state index contributed by atoms with van der Waals surface area (Å²) < 4.78 is 5.15. The van der Waals surface area contributed by atoms with Gasteiger partial charge in [0, 0.05) is 57.3 Å². The number of anilines is 4. The normalized spacial score (nSPS) is 12.3. The van der Waals surface area contributed by atoms with Crippen LogP contribution in [0.15, 0.2) is 24.3 Å². The smallest absolute Gasteiger partial charge is 0.350 e. The summed E-state index contributed by atoms with van der Waals surface area (Å²) in [6.07, 6.45) is 1.68. The van der Waals surface area contributed by atoms with E-state index in [1.807, 2.05) is 31.2 Å². The molecule has 0 saturated carbocycles. The molecule has 3 heterocycles. The van der Waals surface area contributed by atoms with Crippen LogP contribution in [-0.4, -0.2) is 88.7 Å². The zero-order chi connectivity index (χ0) is 31.6. The fourth-order valence-corrected chi connectivity index (χ4v) is 5.76. The number of nitrogens with one attached hydrogen (secondary N) is 3. The van der Waals surface area contributed by atoms with Crippen molar-refractivity contribution >= 4 is 51.8 Å². The molecule has 0 radical (unpaired) electrons. The molecule has 44 heavy (non-hydrogen) atoms. The van der Waals surface area contributed by atoms with E-state index in [0.717, 1.165) is 36.3 Å². The average molecular weight is 625 g/mol. The predicted molar refractivity (Wildman–Crippen MR) is 170 cm³/mol. The second kappa shape index (κ2) is 15.4. The van der Waals surface area contributed by atoms with E-state index in [2.05, 4.69) is 25.8 Å². The number of aliphatic hydroxyl groups is 1. The number of aliphatic hydroxyl groups excluding tert-OH is 1. The Morgan fingerprint density at radius 1 is 1.11 bits per heavy atom. The zero-order valence-electron chi connectivity index (χ0n) is 25.6. The van der Waals surface area contributed by atoms with E-state index < -0.39 is 5.97 Å². The van der Waals surface area contributed by atoms with Crippen LogP contribution >= 0.6 is 11.3 Å². The molecule has 4 rings (SSSR count). The summed E-state index contributed by atoms with van der Waals surface area (Å²) in [5.41, 5.74) is 3.12. The largest absolute Gasteiger partial charge is 0.462 e. The average Bonchev–Trinajstić information content (AvgIpc) is 3.38. The van der Waals surface area contributed by atoms with Gasteiger partial charge in [0.05, 0.1) is 18.9 Å². The number of nitrogens with zero attached hydrogens (tertiary/aromatic N) is 5. The predicted octanol–water partition coefficient (Wildman–Crippen LogP) is 3.12. The van der Waals surface area contributed by atoms with Crippen LogP contribution < -0.4 is 20.9 Å². The Balaban J connectivity index is 1.60. The molecule has 14 heteroatoms. The lowest BCUT2D eigenvalue weighted by atomic mass is 10.0. The van der Waals surface area contributed by atoms with Crippen LogP contribution in [0.25, 0.3) is 0 Å². The number of hydrogen-bond donors (Lipinski definition) is 4. The summed E-state index contributed by atoms with van der Waals surface area (Å²) >= 11 is 1.18. The Kier molecular flexibility index (Phi) is 11.4. The Bertz CT molecular complexity index is 1460. The van der Waals surface area contributed by atoms with E-state index in [-0.39, 0.29) is 25.0 Å². The molecule has 1 aromatic carbocycles. The van der Waals surface area contributed by atoms with Gasteiger partial charge in [0.25, 0.3) is 5.91 Å². The highest BCUT2D eigenvalue weighted by molar-refractivity contribution is 7.17. The van der Waals surface area contributed by atoms with Crippen LogP contribution in [-0.2, 0) is 22.5 Å². The maximum atomic E-state index is 12.8. The first-order valence-electron chi connectivity index (χ1n) is 14.8. The number of thiazole rings is 1. The summed E-state index contributed by atoms with van der Waals surface area (Å²) in [7, 11) is 0. The van der Waals surface area contributed by atoms with E-state index in [1.165, 1.54) is 18.3 Å². The molecule has 2 aromatic heterocycles. The minimum atomic E-state index is -0.420. The number of esters is 1. The van der Waals surface area contributed by atoms with Gasteiger partial charge in [0.1, 0.15) is 16.5 Å². The number of carbonyl (C=O) groups is 3. The van der Waals surface area contributed by atoms with Crippen LogP contribution in [0.3, 0.4) is 0 Å². The number of benzene rings is 1. The molecule has 0 aliphatic carbocycles. The van der Waals surface area contributed by atoms with Gasteiger partial charge in [0.15, 0.2) is 5.13 Å². The number of aromatic nitrogens is 3. The number of carbonyl (C=O) groups excluding carboxylic acids is 3. The molecule has 3 aromatic rings. The first-order valence-corrected chi connectivity index (χ1v) is 15.6. The van der Waals surface area contributed by atoms with Crippen molar-refractivity contribution < 1.29 is 24.2 Å². The lowest BCUT2D eigenvalue weighted by Gasteiger charge is -2.31. The van der Waals surface area contributed by atoms with Crippen LogP contribution in [0, 0.1) is 6.92 Å². The number of fused-ring (bicyclic) bond motifs is 1. The molecule has 0 atom stereocenters. The molecule has 0 bridgehead atoms. The van der Waals surface area contributed by atoms with Crippen molar-refractivity contribution in [2.75, 3.05) is 61.5 Å². The third-order valence-electron chi connectivity index (χ3n) is 7.02. The third-order valence-corrected chi connectivity index (χ3v) is 8.07. The fourth-order valence-electron chi connectivity index (χ4n) is 4.90. The van der Waals surface area contributed by atoms with Gasteiger partial charge >= 0.3 is 5.97 Å². The van der Waals surface area contributed by atoms with Crippen LogP contribution in [0.2, 0.25) is 0 Å². The van der Waals surface area contributed by atoms with E-state index in [1.54, 1.807) is 18.7 Å². The number of hydrogen-bond acceptors (Lipinski definition) is 12. The third kappa shape index (κ3) is 8.20. The molecule has 2 amide bonds. The van der Waals surface area contributed by atoms with E-state index >= 15 is 0 Å². The second-order valence-corrected chi connectivity index (χ2v) is 11.2. The molecule has 13 nitrogen and oxygen atoms in total. The quantitative estimate of drug-likeness (QED) is 0.154. The first-order chi connectivity index (χ1) is 21.2. The van der Waals surface area contributed by atoms with Crippen molar-refractivity contribution in [3.63, 3.8) is 0 Å². The topological polar surface area (TPSA) is 162 Å². The first kappa shape index (κ1) is 32.6. The summed E-state index contributed by atoms with van der Waals surface area (Å²) in [5.74, 6) is 1.12. The van der Waals surface area contributed by atoms with Crippen molar-refractivity contribution in [1.82, 2.24) is 25.2 Å². The molecule has 0 saturated heterocycles. The fraction of sp³-hybridized carbons (Fsp3) is 0.467. The Hall–Kier alpha value is -4.30. The standard InChI is InChI=1S/C30H40N8O5S/c1-5-37(16-17-39)27(41)22-11-9-21(10-12-22)18-38-15-7-8-23-25(32-14-13-31-20(4)40)34-29(35-26(23)38)36-30-33-19(3)24(44-30)28(42)43-6-2/h9-12,39H,5-8,13-18H2,1-4H3,(H,31,40)(H2,32,33,34,35,36). The van der Waals surface area contributed by atoms with Gasteiger partial charge in [0.2, 0.25) is 11.9 Å². The molecule has 0 unspecified atom stereocenters. The van der Waals surface area contributed by atoms with E-state index in [0.29, 0.717) is 65.8 Å². The highest BCUT2D eigenvalue weighted by Gasteiger charge is 2.25. The lowest BCUT2D eigenvalue weighted by molar-refractivity contribution is -0.118. The number of amides is 2. The van der Waals surface area contributed by atoms with Gasteiger partial charge in [-0.2, -0.15) is 9.97 Å². The molecule has 1 aliphatic heterocycles. The van der Waals surface area contributed by atoms with Gasteiger partial charge in [-0.25, -0.2) is 9.78 Å². The molecular formula is C30H40N8O5S. The molecule has 4 N–H and O–H groups in total. The minimum absolute atomic E-state index is 0.0798. The van der Waals surface area contributed by atoms with Gasteiger partial charge in [-0.05, 0) is 51.3 Å². The van der Waals surface area contributed by atoms with E-state index in [4.69, 9.17) is 14.7 Å². The van der Waals surface area contributed by atoms with Gasteiger partial charge in [-0.3, -0.25) is 14.9 Å². The Labute approximate surface area is 261 Å². The lowest BCUT2D eigenvalue weighted by Crippen LogP contribution is -2.33. The summed E-state index contributed by atoms with van der Waals surface area (Å²) in [5, 5.41) is 19.1. The van der Waals surface area contributed by atoms with Gasteiger partial charge in [-0.15, -0.1) is 0 Å². The van der Waals surface area contributed by atoms with E-state index in [9.17, 15) is 19.5 Å². The van der Waals surface area contributed by atoms with Gasteiger partial charge < -0.3 is 30.3 Å². The van der Waals surface area contributed by atoms with Gasteiger partial charge in [-0.1, -0.05) is 23.5 Å². The van der Waals surface area contributed by atoms with Crippen molar-refractivity contribution in [2.24, 2.45) is 0 Å². The molecule has 0 fully saturated rings. The number of ether oxygens (including phenoxy) is 1. The van der Waals surface area contributed by atoms with Crippen molar-refractivity contribution in [2.45, 2.75) is 47.1 Å². The van der Waals surface area contributed by atoms with Crippen LogP contribution in [0.1, 0.15) is 64.0 Å². The number of likely N-dealkylation sites (N-methyl/N-ethyl adjacent to an activating group) is 1. The molecule has 236 valence electrons. The van der Waals surface area contributed by atoms with Crippen molar-refractivity contribution in [3.05, 3.63) is 51.5 Å².